The summed E-state index contributed by atoms with van der Waals surface area (Å²) in [5.41, 5.74) is 12.3. The van der Waals surface area contributed by atoms with Gasteiger partial charge in [-0.3, -0.25) is 29.3 Å². The number of hydrogen-bond acceptors (Lipinski definition) is 17. The van der Waals surface area contributed by atoms with E-state index in [0.29, 0.717) is 82.1 Å². The Morgan fingerprint density at radius 1 is 0.433 bits per heavy atom. The van der Waals surface area contributed by atoms with Crippen molar-refractivity contribution in [1.82, 2.24) is 58.3 Å². The van der Waals surface area contributed by atoms with Gasteiger partial charge in [-0.25, -0.2) is 15.0 Å². The van der Waals surface area contributed by atoms with Gasteiger partial charge in [0.2, 0.25) is 5.91 Å². The molecule has 0 aliphatic heterocycles. The number of amides is 3. The molecule has 2 unspecified atom stereocenters. The van der Waals surface area contributed by atoms with Gasteiger partial charge in [0, 0.05) is 248 Å². The Labute approximate surface area is 740 Å². The van der Waals surface area contributed by atoms with Gasteiger partial charge in [-0.05, 0) is 92.0 Å². The molecule has 0 spiro atoms. The number of halogens is 5. The van der Waals surface area contributed by atoms with Crippen molar-refractivity contribution in [3.05, 3.63) is 206 Å². The SMILES string of the molecule is C.C.CN(C)C(=O)C(O)c1cncc(Br)c1.COc1ccccc1-c1cn(COCC[Si](C)(C)C)c2ncc(-c3cncc(C(O)C(=O)N(C)C)c3)c(Cl)c12.COc1ccccc1-c1cn(COCC[Si](C)(C)C)c2ncc(-c3cncc(CC(=O)N(C)C)c3)c(Cl)c12.COc1ccccc1-c1cn(COCC[Si](C)(C)C)c2ncc(Br)c(Cl)c12. The number of hydrogen-bond donors (Lipinski definition) is 2. The fourth-order valence-corrected chi connectivity index (χ4v) is 16.2. The number of para-hydroxylation sites is 3. The third-order valence-electron chi connectivity index (χ3n) is 19.0. The molecule has 0 fully saturated rings. The minimum atomic E-state index is -1.33. The summed E-state index contributed by atoms with van der Waals surface area (Å²) in [6.07, 6.45) is 18.7. The van der Waals surface area contributed by atoms with Crippen molar-refractivity contribution in [1.29, 1.82) is 0 Å². The van der Waals surface area contributed by atoms with Crippen LogP contribution in [-0.4, -0.2) is 194 Å². The first-order chi connectivity index (χ1) is 55.9. The van der Waals surface area contributed by atoms with Gasteiger partial charge < -0.3 is 67.0 Å². The van der Waals surface area contributed by atoms with Crippen LogP contribution in [0.4, 0.5) is 0 Å². The summed E-state index contributed by atoms with van der Waals surface area (Å²) in [6, 6.07) is 32.2. The minimum Gasteiger partial charge on any atom is -0.496 e. The second-order valence-corrected chi connectivity index (χ2v) is 52.2. The number of benzene rings is 3. The number of ether oxygens (including phenoxy) is 6. The number of rotatable bonds is 29. The number of aromatic nitrogens is 9. The Kier molecular flexibility index (Phi) is 36.4. The van der Waals surface area contributed by atoms with Crippen LogP contribution in [-0.2, 0) is 55.2 Å². The number of likely N-dealkylation sites (N-methyl/N-ethyl adjacent to an activating group) is 3. The third kappa shape index (κ3) is 25.7. The van der Waals surface area contributed by atoms with Gasteiger partial charge in [0.15, 0.2) is 12.2 Å². The predicted octanol–water partition coefficient (Wildman–Crippen LogP) is 20.9. The Hall–Kier alpha value is -8.73. The first-order valence-electron chi connectivity index (χ1n) is 38.2. The highest BCUT2D eigenvalue weighted by atomic mass is 79.9. The lowest BCUT2D eigenvalue weighted by atomic mass is 10.0. The van der Waals surface area contributed by atoms with Crippen LogP contribution in [0.25, 0.3) is 88.7 Å². The molecule has 0 radical (unpaired) electrons. The molecule has 0 saturated heterocycles. The molecule has 0 saturated carbocycles. The molecule has 31 heteroatoms. The Balaban J connectivity index is 0.000000230. The Morgan fingerprint density at radius 3 is 1.13 bits per heavy atom. The maximum absolute atomic E-state index is 12.3. The normalized spacial score (nSPS) is 11.9. The number of fused-ring (bicyclic) bond motifs is 3. The van der Waals surface area contributed by atoms with Crippen LogP contribution in [0.15, 0.2) is 174 Å². The molecule has 120 heavy (non-hydrogen) atoms. The van der Waals surface area contributed by atoms with Gasteiger partial charge in [-0.15, -0.1) is 0 Å². The van der Waals surface area contributed by atoms with E-state index in [4.69, 9.17) is 73.2 Å². The van der Waals surface area contributed by atoms with E-state index in [9.17, 15) is 24.6 Å². The number of carbonyl (C=O) groups excluding carboxylic acids is 3. The lowest BCUT2D eigenvalue weighted by Crippen LogP contribution is -2.28. The summed E-state index contributed by atoms with van der Waals surface area (Å²) >= 11 is 27.6. The first-order valence-corrected chi connectivity index (χ1v) is 52.1. The summed E-state index contributed by atoms with van der Waals surface area (Å²) < 4.78 is 42.5. The van der Waals surface area contributed by atoms with Crippen molar-refractivity contribution in [2.45, 2.75) is 131 Å². The molecule has 2 N–H and O–H groups in total. The van der Waals surface area contributed by atoms with Crippen molar-refractivity contribution < 1.29 is 53.0 Å². The number of carbonyl (C=O) groups is 3. The number of methoxy groups -OCH3 is 3. The predicted molar refractivity (Wildman–Crippen MR) is 502 cm³/mol. The number of aliphatic hydroxyl groups excluding tert-OH is 2. The van der Waals surface area contributed by atoms with Crippen molar-refractivity contribution in [3.63, 3.8) is 0 Å². The molecular formula is C89H113Br2Cl3N12O11Si3. The van der Waals surface area contributed by atoms with Crippen LogP contribution in [0.5, 0.6) is 17.2 Å². The molecule has 23 nitrogen and oxygen atoms in total. The maximum atomic E-state index is 12.3. The zero-order valence-corrected chi connectivity index (χ0v) is 78.6. The molecule has 12 rings (SSSR count). The van der Waals surface area contributed by atoms with Crippen LogP contribution >= 0.6 is 66.7 Å². The average molecular weight is 1880 g/mol. The van der Waals surface area contributed by atoms with Gasteiger partial charge in [-0.2, -0.15) is 0 Å². The van der Waals surface area contributed by atoms with E-state index in [0.717, 1.165) is 123 Å². The number of nitrogens with zero attached hydrogens (tertiary/aromatic N) is 12. The zero-order valence-electron chi connectivity index (χ0n) is 70.1. The minimum absolute atomic E-state index is 0. The van der Waals surface area contributed by atoms with Gasteiger partial charge in [-0.1, -0.05) is 163 Å². The molecule has 642 valence electrons. The molecular weight excluding hydrogens is 1760 g/mol. The van der Waals surface area contributed by atoms with Crippen molar-refractivity contribution in [3.8, 4) is 72.9 Å². The molecule has 3 aromatic carbocycles. The van der Waals surface area contributed by atoms with Crippen LogP contribution in [0.1, 0.15) is 43.8 Å². The lowest BCUT2D eigenvalue weighted by molar-refractivity contribution is -0.138. The average Bonchev–Trinajstić information content (AvgIpc) is 1.60. The smallest absolute Gasteiger partial charge is 0.255 e. The van der Waals surface area contributed by atoms with Crippen LogP contribution in [0, 0.1) is 0 Å². The molecule has 2 atom stereocenters. The van der Waals surface area contributed by atoms with Crippen molar-refractivity contribution >= 4 is 142 Å². The van der Waals surface area contributed by atoms with Crippen LogP contribution < -0.4 is 14.2 Å². The van der Waals surface area contributed by atoms with Gasteiger partial charge in [0.05, 0.1) is 47.3 Å². The van der Waals surface area contributed by atoms with Crippen LogP contribution in [0.3, 0.4) is 0 Å². The highest BCUT2D eigenvalue weighted by Gasteiger charge is 2.28. The third-order valence-corrected chi connectivity index (χ3v) is 26.6. The summed E-state index contributed by atoms with van der Waals surface area (Å²) in [5, 5.41) is 24.4. The van der Waals surface area contributed by atoms with Gasteiger partial charge in [0.25, 0.3) is 11.8 Å². The summed E-state index contributed by atoms with van der Waals surface area (Å²) in [5.74, 6) is 1.48. The van der Waals surface area contributed by atoms with E-state index >= 15 is 0 Å². The number of aliphatic hydroxyl groups is 2. The molecule has 3 amide bonds. The van der Waals surface area contributed by atoms with Crippen LogP contribution in [0.2, 0.25) is 92.1 Å². The topological polar surface area (TPSA) is 249 Å². The summed E-state index contributed by atoms with van der Waals surface area (Å²) in [4.78, 5) is 67.0. The van der Waals surface area contributed by atoms with Crippen molar-refractivity contribution in [2.24, 2.45) is 0 Å². The lowest BCUT2D eigenvalue weighted by Gasteiger charge is -2.16. The van der Waals surface area contributed by atoms with E-state index in [-0.39, 0.29) is 33.1 Å². The zero-order chi connectivity index (χ0) is 86.1. The molecule has 12 aromatic rings. The highest BCUT2D eigenvalue weighted by molar-refractivity contribution is 9.10. The summed E-state index contributed by atoms with van der Waals surface area (Å²) in [7, 11) is 11.3. The summed E-state index contributed by atoms with van der Waals surface area (Å²) in [6.45, 7) is 24.3. The standard InChI is InChI=1S/C29H35ClN4O4Si.C29H35ClN4O3Si.C20H24BrClN2O2Si.C9H11BrN2O2.2CH4/c1-33(2)29(36)27(35)20-13-19(14-31-15-20)22-16-32-28-25(26(22)30)23(21-9-7-8-10-24(21)37-3)17-34(28)18-38-11-12-39(4,5)6;1-33(2)26(35)14-20-13-21(16-31-15-20)23-17-32-29-27(28(23)30)24(22-9-7-8-10-25(22)36-3)18-34(29)19-37-11-12-38(4,5)6;1-25-17-8-6-5-7-14(17)15-12-24(13-26-9-10-27(2,3)4)20-18(15)19(22)16(21)11-23-20;1-12(2)9(14)8(13)6-3-7(10)5-11-4-6;;/h7-10,13-17,27,35H,11-12,18H2,1-6H3;7-10,13,15-18H,11-12,14,19H2,1-6H3;5-8,11-12H,9-10,13H2,1-4H3;3-5,8,13H,1-2H3;2*1H4. The Morgan fingerprint density at radius 2 is 0.775 bits per heavy atom. The maximum Gasteiger partial charge on any atom is 0.255 e. The first kappa shape index (κ1) is 98.4. The van der Waals surface area contributed by atoms with E-state index < -0.39 is 42.3 Å². The number of pyridine rings is 6. The quantitative estimate of drug-likeness (QED) is 0.0327. The highest BCUT2D eigenvalue weighted by Crippen LogP contribution is 2.46. The van der Waals surface area contributed by atoms with Gasteiger partial charge >= 0.3 is 0 Å². The van der Waals surface area contributed by atoms with Gasteiger partial charge in [0.1, 0.15) is 54.4 Å². The second-order valence-electron chi connectivity index (χ2n) is 32.4. The monoisotopic (exact) mass is 1870 g/mol. The molecule has 0 aliphatic rings. The second kappa shape index (κ2) is 44.4. The van der Waals surface area contributed by atoms with E-state index in [1.54, 1.807) is 124 Å². The van der Waals surface area contributed by atoms with Crippen molar-refractivity contribution in [2.75, 3.05) is 83.4 Å². The van der Waals surface area contributed by atoms with E-state index in [2.05, 4.69) is 111 Å². The fourth-order valence-electron chi connectivity index (χ4n) is 12.3. The molecule has 0 bridgehead atoms. The van der Waals surface area contributed by atoms with E-state index in [1.165, 1.54) is 22.2 Å². The Bertz CT molecular complexity index is 5480. The molecule has 9 heterocycles. The molecule has 0 aliphatic carbocycles. The van der Waals surface area contributed by atoms with E-state index in [1.807, 2.05) is 111 Å². The largest absolute Gasteiger partial charge is 0.496 e. The molecule has 9 aromatic heterocycles. The fraction of sp³-hybridized carbons (Fsp3) is 0.360.